The van der Waals surface area contributed by atoms with Crippen LogP contribution in [0.2, 0.25) is 0 Å². The molecule has 1 fully saturated rings. The van der Waals surface area contributed by atoms with E-state index in [0.29, 0.717) is 0 Å². The number of rotatable bonds is 12. The summed E-state index contributed by atoms with van der Waals surface area (Å²) in [4.78, 5) is 25.8. The van der Waals surface area contributed by atoms with Crippen LogP contribution < -0.4 is 0 Å². The van der Waals surface area contributed by atoms with Gasteiger partial charge in [0.15, 0.2) is 5.72 Å². The zero-order valence-electron chi connectivity index (χ0n) is 16.1. The van der Waals surface area contributed by atoms with Gasteiger partial charge in [-0.1, -0.05) is 46.0 Å². The normalized spacial score (nSPS) is 21.6. The Bertz CT molecular complexity index is 379. The van der Waals surface area contributed by atoms with Crippen molar-refractivity contribution in [2.24, 2.45) is 0 Å². The van der Waals surface area contributed by atoms with Crippen LogP contribution in [0.25, 0.3) is 0 Å². The maximum Gasteiger partial charge on any atom is 0.308 e. The van der Waals surface area contributed by atoms with E-state index >= 15 is 0 Å². The predicted octanol–water partition coefficient (Wildman–Crippen LogP) is 4.85. The highest BCUT2D eigenvalue weighted by Gasteiger charge is 2.41. The van der Waals surface area contributed by atoms with Gasteiger partial charge in [0.05, 0.1) is 6.42 Å². The molecule has 0 radical (unpaired) electrons. The fraction of sp³-hybridized carbons (Fsp3) is 0.900. The second-order valence-corrected chi connectivity index (χ2v) is 7.23. The molecular weight excluding hydrogens is 302 g/mol. The Morgan fingerprint density at radius 2 is 1.75 bits per heavy atom. The molecule has 0 bridgehead atoms. The zero-order chi connectivity index (χ0) is 17.8. The van der Waals surface area contributed by atoms with Crippen LogP contribution in [0, 0.1) is 0 Å². The Kier molecular flexibility index (Phi) is 10.2. The molecule has 140 valence electrons. The molecule has 4 nitrogen and oxygen atoms in total. The lowest BCUT2D eigenvalue weighted by atomic mass is 9.93. The van der Waals surface area contributed by atoms with Crippen LogP contribution in [0.3, 0.4) is 0 Å². The third kappa shape index (κ3) is 7.33. The van der Waals surface area contributed by atoms with E-state index in [1.54, 1.807) is 0 Å². The Balaban J connectivity index is 2.62. The highest BCUT2D eigenvalue weighted by atomic mass is 16.6. The maximum absolute atomic E-state index is 12.3. The summed E-state index contributed by atoms with van der Waals surface area (Å²) in [5.41, 5.74) is -0.425. The largest absolute Gasteiger partial charge is 0.444 e. The molecule has 1 unspecified atom stereocenters. The first-order valence-electron chi connectivity index (χ1n) is 10.0. The van der Waals surface area contributed by atoms with Crippen LogP contribution in [-0.4, -0.2) is 35.5 Å². The van der Waals surface area contributed by atoms with Crippen molar-refractivity contribution in [2.45, 2.75) is 104 Å². The summed E-state index contributed by atoms with van der Waals surface area (Å²) < 4.78 is 6.00. The third-order valence-corrected chi connectivity index (χ3v) is 4.98. The topological polar surface area (TPSA) is 46.6 Å². The standard InChI is InChI=1S/C20H37NO3/c1-4-6-7-8-10-16-21-17-11-9-15-20(21,14-5-2)24-19(23)13-12-18(3)22/h4-17H2,1-3H3. The maximum atomic E-state index is 12.3. The van der Waals surface area contributed by atoms with Crippen LogP contribution in [0.5, 0.6) is 0 Å². The SMILES string of the molecule is CCCCCCCN1CCCCC1(CCC)OC(=O)CCC(C)=O. The number of piperidine rings is 1. The van der Waals surface area contributed by atoms with Crippen LogP contribution in [-0.2, 0) is 14.3 Å². The molecule has 0 saturated carbocycles. The first-order valence-corrected chi connectivity index (χ1v) is 10.0. The van der Waals surface area contributed by atoms with Crippen LogP contribution in [0.1, 0.15) is 97.8 Å². The van der Waals surface area contributed by atoms with Crippen molar-refractivity contribution in [3.8, 4) is 0 Å². The molecule has 0 N–H and O–H groups in total. The average Bonchev–Trinajstić information content (AvgIpc) is 2.54. The number of nitrogens with zero attached hydrogens (tertiary/aromatic N) is 1. The van der Waals surface area contributed by atoms with Gasteiger partial charge >= 0.3 is 5.97 Å². The van der Waals surface area contributed by atoms with Gasteiger partial charge in [-0.2, -0.15) is 0 Å². The number of carbonyl (C=O) groups is 2. The lowest BCUT2D eigenvalue weighted by molar-refractivity contribution is -0.197. The fourth-order valence-electron chi connectivity index (χ4n) is 3.67. The van der Waals surface area contributed by atoms with Gasteiger partial charge in [0.1, 0.15) is 5.78 Å². The molecule has 0 aliphatic carbocycles. The van der Waals surface area contributed by atoms with Crippen molar-refractivity contribution in [1.29, 1.82) is 0 Å². The van der Waals surface area contributed by atoms with Crippen LogP contribution in [0.15, 0.2) is 0 Å². The van der Waals surface area contributed by atoms with Gasteiger partial charge in [-0.3, -0.25) is 9.69 Å². The second kappa shape index (κ2) is 11.6. The number of Topliss-reactive ketones (excluding diaryl/α,β-unsaturated/α-hetero) is 1. The van der Waals surface area contributed by atoms with Crippen LogP contribution >= 0.6 is 0 Å². The summed E-state index contributed by atoms with van der Waals surface area (Å²) >= 11 is 0. The minimum absolute atomic E-state index is 0.0490. The van der Waals surface area contributed by atoms with Gasteiger partial charge < -0.3 is 9.53 Å². The Hall–Kier alpha value is -0.900. The summed E-state index contributed by atoms with van der Waals surface area (Å²) in [6, 6.07) is 0. The summed E-state index contributed by atoms with van der Waals surface area (Å²) in [6.07, 6.45) is 11.9. The molecule has 1 heterocycles. The van der Waals surface area contributed by atoms with E-state index in [-0.39, 0.29) is 24.6 Å². The van der Waals surface area contributed by atoms with E-state index in [1.807, 2.05) is 0 Å². The summed E-state index contributed by atoms with van der Waals surface area (Å²) in [5, 5.41) is 0. The Labute approximate surface area is 148 Å². The molecule has 1 rings (SSSR count). The van der Waals surface area contributed by atoms with Crippen molar-refractivity contribution in [3.63, 3.8) is 0 Å². The first-order chi connectivity index (χ1) is 11.5. The molecule has 1 saturated heterocycles. The van der Waals surface area contributed by atoms with Gasteiger partial charge in [0.2, 0.25) is 0 Å². The zero-order valence-corrected chi connectivity index (χ0v) is 16.1. The van der Waals surface area contributed by atoms with Crippen molar-refractivity contribution in [2.75, 3.05) is 13.1 Å². The van der Waals surface area contributed by atoms with E-state index in [2.05, 4.69) is 18.7 Å². The van der Waals surface area contributed by atoms with E-state index in [9.17, 15) is 9.59 Å². The molecule has 0 spiro atoms. The lowest BCUT2D eigenvalue weighted by Gasteiger charge is -2.46. The predicted molar refractivity (Wildman–Crippen MR) is 97.8 cm³/mol. The van der Waals surface area contributed by atoms with Crippen molar-refractivity contribution < 1.29 is 14.3 Å². The van der Waals surface area contributed by atoms with Gasteiger partial charge in [-0.05, 0) is 26.2 Å². The number of carbonyl (C=O) groups excluding carboxylic acids is 2. The summed E-state index contributed by atoms with van der Waals surface area (Å²) in [5.74, 6) is -0.163. The highest BCUT2D eigenvalue weighted by Crippen LogP contribution is 2.34. The van der Waals surface area contributed by atoms with E-state index in [4.69, 9.17) is 4.74 Å². The molecule has 1 aliphatic heterocycles. The number of likely N-dealkylation sites (tertiary alicyclic amines) is 1. The Morgan fingerprint density at radius 3 is 2.42 bits per heavy atom. The van der Waals surface area contributed by atoms with Gasteiger partial charge in [0.25, 0.3) is 0 Å². The van der Waals surface area contributed by atoms with Crippen molar-refractivity contribution in [3.05, 3.63) is 0 Å². The first kappa shape index (κ1) is 21.1. The lowest BCUT2D eigenvalue weighted by Crippen LogP contribution is -2.55. The number of unbranched alkanes of at least 4 members (excludes halogenated alkanes) is 4. The molecule has 0 aromatic carbocycles. The average molecular weight is 340 g/mol. The van der Waals surface area contributed by atoms with Gasteiger partial charge in [-0.15, -0.1) is 0 Å². The summed E-state index contributed by atoms with van der Waals surface area (Å²) in [6.45, 7) is 7.95. The minimum Gasteiger partial charge on any atom is -0.444 e. The Morgan fingerprint density at radius 1 is 1.00 bits per heavy atom. The van der Waals surface area contributed by atoms with E-state index < -0.39 is 5.72 Å². The molecular formula is C20H37NO3. The number of hydrogen-bond donors (Lipinski definition) is 0. The third-order valence-electron chi connectivity index (χ3n) is 4.98. The number of ketones is 1. The highest BCUT2D eigenvalue weighted by molar-refractivity contribution is 5.81. The van der Waals surface area contributed by atoms with E-state index in [0.717, 1.165) is 38.8 Å². The molecule has 4 heteroatoms. The van der Waals surface area contributed by atoms with Crippen molar-refractivity contribution >= 4 is 11.8 Å². The fourth-order valence-corrected chi connectivity index (χ4v) is 3.67. The smallest absolute Gasteiger partial charge is 0.308 e. The molecule has 0 aromatic rings. The second-order valence-electron chi connectivity index (χ2n) is 7.23. The molecule has 1 atom stereocenters. The quantitative estimate of drug-likeness (QED) is 0.376. The van der Waals surface area contributed by atoms with Gasteiger partial charge in [-0.25, -0.2) is 0 Å². The summed E-state index contributed by atoms with van der Waals surface area (Å²) in [7, 11) is 0. The monoisotopic (exact) mass is 339 g/mol. The molecule has 0 amide bonds. The van der Waals surface area contributed by atoms with E-state index in [1.165, 1.54) is 45.4 Å². The molecule has 0 aromatic heterocycles. The van der Waals surface area contributed by atoms with Crippen LogP contribution in [0.4, 0.5) is 0 Å². The minimum atomic E-state index is -0.425. The van der Waals surface area contributed by atoms with Gasteiger partial charge in [0, 0.05) is 32.4 Å². The number of esters is 1. The van der Waals surface area contributed by atoms with Crippen molar-refractivity contribution in [1.82, 2.24) is 4.90 Å². The number of ether oxygens (including phenoxy) is 1. The molecule has 1 aliphatic rings. The molecule has 24 heavy (non-hydrogen) atoms. The number of hydrogen-bond acceptors (Lipinski definition) is 4.